The molecule has 1 atom stereocenters. The largest absolute Gasteiger partial charge is 0.477 e. The molecule has 4 nitrogen and oxygen atoms in total. The Balaban J connectivity index is 2.12. The Bertz CT molecular complexity index is 670. The minimum atomic E-state index is -1.01. The van der Waals surface area contributed by atoms with E-state index < -0.39 is 5.97 Å². The summed E-state index contributed by atoms with van der Waals surface area (Å²) in [6, 6.07) is 9.01. The molecule has 0 fully saturated rings. The summed E-state index contributed by atoms with van der Waals surface area (Å²) in [5.74, 6) is -1.26. The second kappa shape index (κ2) is 6.10. The van der Waals surface area contributed by atoms with E-state index in [4.69, 9.17) is 5.11 Å². The van der Waals surface area contributed by atoms with E-state index in [1.165, 1.54) is 12.1 Å². The number of carbonyl (C=O) groups is 2. The smallest absolute Gasteiger partial charge is 0.345 e. The monoisotopic (exact) mass is 303 g/mol. The van der Waals surface area contributed by atoms with Crippen LogP contribution in [0, 0.1) is 13.8 Å². The van der Waals surface area contributed by atoms with E-state index in [2.05, 4.69) is 11.4 Å². The predicted octanol–water partition coefficient (Wildman–Crippen LogP) is 3.55. The van der Waals surface area contributed by atoms with Crippen molar-refractivity contribution in [3.05, 3.63) is 56.8 Å². The van der Waals surface area contributed by atoms with Crippen LogP contribution >= 0.6 is 11.3 Å². The Labute approximate surface area is 127 Å². The average Bonchev–Trinajstić information content (AvgIpc) is 2.87. The van der Waals surface area contributed by atoms with Crippen molar-refractivity contribution in [2.24, 2.45) is 0 Å². The van der Waals surface area contributed by atoms with Gasteiger partial charge in [0.2, 0.25) is 0 Å². The van der Waals surface area contributed by atoms with Crippen LogP contribution in [0.25, 0.3) is 0 Å². The molecule has 2 aromatic rings. The van der Waals surface area contributed by atoms with Crippen molar-refractivity contribution in [2.45, 2.75) is 26.8 Å². The van der Waals surface area contributed by atoms with Crippen molar-refractivity contribution < 1.29 is 14.7 Å². The van der Waals surface area contributed by atoms with Gasteiger partial charge in [-0.2, -0.15) is 0 Å². The van der Waals surface area contributed by atoms with Gasteiger partial charge in [0.1, 0.15) is 4.88 Å². The molecule has 1 unspecified atom stereocenters. The molecule has 0 aliphatic heterocycles. The topological polar surface area (TPSA) is 66.4 Å². The Morgan fingerprint density at radius 1 is 1.10 bits per heavy atom. The normalized spacial score (nSPS) is 12.0. The number of aryl methyl sites for hydroxylation is 2. The van der Waals surface area contributed by atoms with Crippen molar-refractivity contribution in [1.82, 2.24) is 5.32 Å². The second-order valence-corrected chi connectivity index (χ2v) is 6.17. The summed E-state index contributed by atoms with van der Waals surface area (Å²) < 4.78 is 0. The Morgan fingerprint density at radius 3 is 2.19 bits per heavy atom. The standard InChI is InChI=1S/C16H17NO3S/c1-9-6-10(2)8-12(7-9)11(3)17-15(18)13-4-5-14(21-13)16(19)20/h4-8,11H,1-3H3,(H,17,18)(H,19,20). The number of aromatic carboxylic acids is 1. The molecule has 0 saturated heterocycles. The molecule has 1 aromatic heterocycles. The van der Waals surface area contributed by atoms with Crippen LogP contribution in [-0.2, 0) is 0 Å². The van der Waals surface area contributed by atoms with Crippen LogP contribution < -0.4 is 5.32 Å². The van der Waals surface area contributed by atoms with Crippen LogP contribution in [0.5, 0.6) is 0 Å². The number of carboxylic acid groups (broad SMARTS) is 1. The third-order valence-electron chi connectivity index (χ3n) is 3.13. The van der Waals surface area contributed by atoms with E-state index in [0.29, 0.717) is 4.88 Å². The molecular weight excluding hydrogens is 286 g/mol. The van der Waals surface area contributed by atoms with E-state index in [9.17, 15) is 9.59 Å². The molecule has 21 heavy (non-hydrogen) atoms. The highest BCUT2D eigenvalue weighted by atomic mass is 32.1. The van der Waals surface area contributed by atoms with Gasteiger partial charge in [-0.05, 0) is 38.5 Å². The number of benzene rings is 1. The lowest BCUT2D eigenvalue weighted by molar-refractivity contribution is 0.0702. The highest BCUT2D eigenvalue weighted by molar-refractivity contribution is 7.15. The fourth-order valence-corrected chi connectivity index (χ4v) is 2.93. The molecule has 0 spiro atoms. The van der Waals surface area contributed by atoms with Gasteiger partial charge in [-0.15, -0.1) is 11.3 Å². The molecule has 2 rings (SSSR count). The van der Waals surface area contributed by atoms with Crippen molar-refractivity contribution in [1.29, 1.82) is 0 Å². The van der Waals surface area contributed by atoms with E-state index in [1.807, 2.05) is 32.9 Å². The molecule has 1 amide bonds. The summed E-state index contributed by atoms with van der Waals surface area (Å²) >= 11 is 0.981. The predicted molar refractivity (Wildman–Crippen MR) is 83.1 cm³/mol. The number of amides is 1. The summed E-state index contributed by atoms with van der Waals surface area (Å²) in [6.07, 6.45) is 0. The van der Waals surface area contributed by atoms with Gasteiger partial charge in [0.05, 0.1) is 10.9 Å². The first kappa shape index (κ1) is 15.3. The number of rotatable bonds is 4. The first-order chi connectivity index (χ1) is 9.86. The molecular formula is C16H17NO3S. The first-order valence-electron chi connectivity index (χ1n) is 6.59. The van der Waals surface area contributed by atoms with Gasteiger partial charge in [-0.1, -0.05) is 29.3 Å². The van der Waals surface area contributed by atoms with E-state index in [0.717, 1.165) is 28.0 Å². The molecule has 110 valence electrons. The summed E-state index contributed by atoms with van der Waals surface area (Å²) in [4.78, 5) is 23.5. The van der Waals surface area contributed by atoms with Gasteiger partial charge >= 0.3 is 5.97 Å². The molecule has 2 N–H and O–H groups in total. The summed E-state index contributed by atoms with van der Waals surface area (Å²) in [6.45, 7) is 5.95. The maximum absolute atomic E-state index is 12.1. The van der Waals surface area contributed by atoms with Crippen molar-refractivity contribution >= 4 is 23.2 Å². The van der Waals surface area contributed by atoms with Crippen LogP contribution in [0.2, 0.25) is 0 Å². The molecule has 1 aromatic carbocycles. The molecule has 0 aliphatic carbocycles. The highest BCUT2D eigenvalue weighted by Crippen LogP contribution is 2.20. The molecule has 0 bridgehead atoms. The van der Waals surface area contributed by atoms with E-state index >= 15 is 0 Å². The van der Waals surface area contributed by atoms with Crippen LogP contribution in [0.4, 0.5) is 0 Å². The van der Waals surface area contributed by atoms with Gasteiger partial charge in [0.15, 0.2) is 0 Å². The lowest BCUT2D eigenvalue weighted by Gasteiger charge is -2.15. The zero-order valence-electron chi connectivity index (χ0n) is 12.1. The highest BCUT2D eigenvalue weighted by Gasteiger charge is 2.15. The number of nitrogens with one attached hydrogen (secondary N) is 1. The first-order valence-corrected chi connectivity index (χ1v) is 7.40. The Morgan fingerprint density at radius 2 is 1.67 bits per heavy atom. The number of thiophene rings is 1. The van der Waals surface area contributed by atoms with Gasteiger partial charge in [0, 0.05) is 0 Å². The minimum absolute atomic E-state index is 0.133. The zero-order chi connectivity index (χ0) is 15.6. The van der Waals surface area contributed by atoms with Crippen LogP contribution in [0.3, 0.4) is 0 Å². The fourth-order valence-electron chi connectivity index (χ4n) is 2.19. The quantitative estimate of drug-likeness (QED) is 0.907. The van der Waals surface area contributed by atoms with Crippen molar-refractivity contribution in [3.63, 3.8) is 0 Å². The van der Waals surface area contributed by atoms with Crippen LogP contribution in [0.15, 0.2) is 30.3 Å². The van der Waals surface area contributed by atoms with Crippen molar-refractivity contribution in [3.8, 4) is 0 Å². The van der Waals surface area contributed by atoms with Gasteiger partial charge in [0.25, 0.3) is 5.91 Å². The van der Waals surface area contributed by atoms with E-state index in [-0.39, 0.29) is 16.8 Å². The molecule has 0 saturated carbocycles. The summed E-state index contributed by atoms with van der Waals surface area (Å²) in [7, 11) is 0. The van der Waals surface area contributed by atoms with Crippen LogP contribution in [0.1, 0.15) is 49.0 Å². The number of hydrogen-bond donors (Lipinski definition) is 2. The maximum Gasteiger partial charge on any atom is 0.345 e. The third-order valence-corrected chi connectivity index (χ3v) is 4.20. The number of hydrogen-bond acceptors (Lipinski definition) is 3. The van der Waals surface area contributed by atoms with Crippen molar-refractivity contribution in [2.75, 3.05) is 0 Å². The Kier molecular flexibility index (Phi) is 4.43. The second-order valence-electron chi connectivity index (χ2n) is 5.09. The van der Waals surface area contributed by atoms with Gasteiger partial charge < -0.3 is 10.4 Å². The lowest BCUT2D eigenvalue weighted by atomic mass is 10.0. The number of carbonyl (C=O) groups excluding carboxylic acids is 1. The lowest BCUT2D eigenvalue weighted by Crippen LogP contribution is -2.26. The number of carboxylic acids is 1. The Hall–Kier alpha value is -2.14. The molecule has 5 heteroatoms. The molecule has 0 aliphatic rings. The third kappa shape index (κ3) is 3.70. The SMILES string of the molecule is Cc1cc(C)cc(C(C)NC(=O)c2ccc(C(=O)O)s2)c1. The summed E-state index contributed by atoms with van der Waals surface area (Å²) in [5.41, 5.74) is 3.33. The van der Waals surface area contributed by atoms with Gasteiger partial charge in [-0.25, -0.2) is 4.79 Å². The zero-order valence-corrected chi connectivity index (χ0v) is 13.0. The molecule has 0 radical (unpaired) electrons. The van der Waals surface area contributed by atoms with Crippen LogP contribution in [-0.4, -0.2) is 17.0 Å². The molecule has 1 heterocycles. The average molecular weight is 303 g/mol. The van der Waals surface area contributed by atoms with Gasteiger partial charge in [-0.3, -0.25) is 4.79 Å². The summed E-state index contributed by atoms with van der Waals surface area (Å²) in [5, 5.41) is 11.8. The van der Waals surface area contributed by atoms with E-state index in [1.54, 1.807) is 0 Å². The fraction of sp³-hybridized carbons (Fsp3) is 0.250. The minimum Gasteiger partial charge on any atom is -0.477 e. The maximum atomic E-state index is 12.1.